The van der Waals surface area contributed by atoms with Crippen LogP contribution in [0.25, 0.3) is 10.9 Å². The van der Waals surface area contributed by atoms with E-state index in [0.717, 1.165) is 22.0 Å². The van der Waals surface area contributed by atoms with Gasteiger partial charge in [-0.25, -0.2) is 4.90 Å². The predicted molar refractivity (Wildman–Crippen MR) is 154 cm³/mol. The molecule has 0 radical (unpaired) electrons. The Morgan fingerprint density at radius 2 is 1.73 bits per heavy atom. The summed E-state index contributed by atoms with van der Waals surface area (Å²) in [5.74, 6) is 0.132. The molecule has 1 N–H and O–H groups in total. The van der Waals surface area contributed by atoms with Crippen molar-refractivity contribution in [3.05, 3.63) is 89.6 Å². The monoisotopic (exact) mass is 539 g/mol. The molecular weight excluding hydrogens is 506 g/mol. The van der Waals surface area contributed by atoms with Crippen molar-refractivity contribution in [2.75, 3.05) is 25.7 Å². The van der Waals surface area contributed by atoms with Crippen LogP contribution in [0.5, 0.6) is 11.5 Å². The van der Waals surface area contributed by atoms with Crippen LogP contribution in [0.2, 0.25) is 0 Å². The van der Waals surface area contributed by atoms with Crippen LogP contribution in [0, 0.1) is 0 Å². The van der Waals surface area contributed by atoms with E-state index < -0.39 is 11.9 Å². The molecule has 1 saturated heterocycles. The van der Waals surface area contributed by atoms with Crippen molar-refractivity contribution in [2.45, 2.75) is 38.6 Å². The summed E-state index contributed by atoms with van der Waals surface area (Å²) < 4.78 is 10.7. The zero-order valence-electron chi connectivity index (χ0n) is 23.1. The first-order chi connectivity index (χ1) is 19.3. The van der Waals surface area contributed by atoms with Gasteiger partial charge in [-0.2, -0.15) is 0 Å². The molecule has 1 unspecified atom stereocenters. The summed E-state index contributed by atoms with van der Waals surface area (Å²) in [5, 5.41) is 1.06. The normalized spacial score (nSPS) is 15.2. The molecule has 3 amide bonds. The van der Waals surface area contributed by atoms with Crippen molar-refractivity contribution in [1.82, 2.24) is 9.88 Å². The van der Waals surface area contributed by atoms with Crippen LogP contribution in [-0.2, 0) is 16.0 Å². The third kappa shape index (κ3) is 5.04. The lowest BCUT2D eigenvalue weighted by molar-refractivity contribution is -0.122. The number of rotatable bonds is 9. The zero-order valence-corrected chi connectivity index (χ0v) is 23.1. The number of aromatic amines is 1. The molecule has 5 rings (SSSR count). The number of ether oxygens (including phenoxy) is 2. The minimum absolute atomic E-state index is 0.0856. The van der Waals surface area contributed by atoms with E-state index in [1.165, 1.54) is 24.0 Å². The van der Waals surface area contributed by atoms with Crippen LogP contribution in [0.4, 0.5) is 5.69 Å². The fourth-order valence-corrected chi connectivity index (χ4v) is 5.25. The third-order valence-corrected chi connectivity index (χ3v) is 7.51. The van der Waals surface area contributed by atoms with Gasteiger partial charge in [0, 0.05) is 29.2 Å². The Hall–Kier alpha value is -4.59. The largest absolute Gasteiger partial charge is 0.493 e. The van der Waals surface area contributed by atoms with Gasteiger partial charge in [-0.1, -0.05) is 44.2 Å². The molecule has 8 heteroatoms. The molecule has 2 heterocycles. The highest BCUT2D eigenvalue weighted by Gasteiger charge is 2.44. The molecule has 206 valence electrons. The average Bonchev–Trinajstić information content (AvgIpc) is 3.52. The molecule has 0 aliphatic carbocycles. The van der Waals surface area contributed by atoms with E-state index >= 15 is 0 Å². The lowest BCUT2D eigenvalue weighted by Crippen LogP contribution is -2.46. The number of hydrogen-bond acceptors (Lipinski definition) is 5. The van der Waals surface area contributed by atoms with Gasteiger partial charge in [-0.3, -0.25) is 14.4 Å². The van der Waals surface area contributed by atoms with Gasteiger partial charge in [0.15, 0.2) is 11.5 Å². The lowest BCUT2D eigenvalue weighted by Gasteiger charge is -2.28. The van der Waals surface area contributed by atoms with Crippen molar-refractivity contribution in [2.24, 2.45) is 0 Å². The Balaban J connectivity index is 1.47. The Bertz CT molecular complexity index is 1560. The van der Waals surface area contributed by atoms with Crippen molar-refractivity contribution < 1.29 is 23.9 Å². The first-order valence-corrected chi connectivity index (χ1v) is 13.4. The number of amides is 3. The van der Waals surface area contributed by atoms with Gasteiger partial charge in [0.25, 0.3) is 11.8 Å². The number of carbonyl (C=O) groups is 3. The van der Waals surface area contributed by atoms with Crippen molar-refractivity contribution in [3.8, 4) is 11.5 Å². The van der Waals surface area contributed by atoms with Gasteiger partial charge < -0.3 is 19.4 Å². The van der Waals surface area contributed by atoms with E-state index in [9.17, 15) is 14.4 Å². The molecule has 0 bridgehead atoms. The molecule has 3 aromatic carbocycles. The highest BCUT2D eigenvalue weighted by Crippen LogP contribution is 2.31. The lowest BCUT2D eigenvalue weighted by atomic mass is 10.0. The first kappa shape index (κ1) is 27.0. The van der Waals surface area contributed by atoms with Crippen molar-refractivity contribution in [3.63, 3.8) is 0 Å². The Kier molecular flexibility index (Phi) is 7.60. The number of H-pyrrole nitrogens is 1. The standard InChI is InChI=1S/C32H33N3O5/c1-20(2)21-9-12-24(13-10-21)35-30(36)18-27(32(35)38)34(16-15-23-19-33-26-8-6-5-7-25(23)26)31(37)22-11-14-28(39-3)29(17-22)40-4/h5-14,17,19-20,27,33H,15-16,18H2,1-4H3. The molecule has 1 atom stereocenters. The number of benzene rings is 3. The number of fused-ring (bicyclic) bond motifs is 1. The number of carbonyl (C=O) groups excluding carboxylic acids is 3. The maximum absolute atomic E-state index is 14.0. The zero-order chi connectivity index (χ0) is 28.4. The minimum Gasteiger partial charge on any atom is -0.493 e. The SMILES string of the molecule is COc1ccc(C(=O)N(CCc2c[nH]c3ccccc23)C2CC(=O)N(c3ccc(C(C)C)cc3)C2=O)cc1OC. The Labute approximate surface area is 233 Å². The number of nitrogens with one attached hydrogen (secondary N) is 1. The quantitative estimate of drug-likeness (QED) is 0.291. The van der Waals surface area contributed by atoms with Crippen LogP contribution in [0.1, 0.15) is 47.7 Å². The van der Waals surface area contributed by atoms with Gasteiger partial charge in [-0.15, -0.1) is 0 Å². The Morgan fingerprint density at radius 1 is 1.00 bits per heavy atom. The van der Waals surface area contributed by atoms with Crippen LogP contribution in [0.15, 0.2) is 72.9 Å². The highest BCUT2D eigenvalue weighted by atomic mass is 16.5. The molecule has 1 fully saturated rings. The van der Waals surface area contributed by atoms with E-state index in [0.29, 0.717) is 35.1 Å². The van der Waals surface area contributed by atoms with Crippen LogP contribution in [0.3, 0.4) is 0 Å². The van der Waals surface area contributed by atoms with E-state index in [4.69, 9.17) is 9.47 Å². The number of imide groups is 1. The van der Waals surface area contributed by atoms with E-state index in [1.54, 1.807) is 30.3 Å². The molecule has 1 aliphatic rings. The molecule has 40 heavy (non-hydrogen) atoms. The van der Waals surface area contributed by atoms with E-state index in [2.05, 4.69) is 18.8 Å². The second kappa shape index (κ2) is 11.3. The summed E-state index contributed by atoms with van der Waals surface area (Å²) in [6.45, 7) is 4.42. The topological polar surface area (TPSA) is 91.9 Å². The van der Waals surface area contributed by atoms with E-state index in [-0.39, 0.29) is 24.8 Å². The first-order valence-electron chi connectivity index (χ1n) is 13.4. The van der Waals surface area contributed by atoms with Crippen LogP contribution in [-0.4, -0.2) is 54.4 Å². The second-order valence-electron chi connectivity index (χ2n) is 10.2. The molecule has 0 saturated carbocycles. The number of aromatic nitrogens is 1. The summed E-state index contributed by atoms with van der Waals surface area (Å²) in [6, 6.07) is 19.4. The van der Waals surface area contributed by atoms with Gasteiger partial charge in [-0.05, 0) is 59.9 Å². The molecular formula is C32H33N3O5. The maximum atomic E-state index is 14.0. The van der Waals surface area contributed by atoms with Crippen LogP contribution < -0.4 is 14.4 Å². The summed E-state index contributed by atoms with van der Waals surface area (Å²) in [7, 11) is 3.03. The van der Waals surface area contributed by atoms with Gasteiger partial charge >= 0.3 is 0 Å². The summed E-state index contributed by atoms with van der Waals surface area (Å²) in [5.41, 5.74) is 3.99. The van der Waals surface area contributed by atoms with Crippen LogP contribution >= 0.6 is 0 Å². The second-order valence-corrected chi connectivity index (χ2v) is 10.2. The van der Waals surface area contributed by atoms with Crippen molar-refractivity contribution in [1.29, 1.82) is 0 Å². The average molecular weight is 540 g/mol. The van der Waals surface area contributed by atoms with Gasteiger partial charge in [0.05, 0.1) is 26.3 Å². The summed E-state index contributed by atoms with van der Waals surface area (Å²) in [6.07, 6.45) is 2.34. The smallest absolute Gasteiger partial charge is 0.257 e. The number of methoxy groups -OCH3 is 2. The minimum atomic E-state index is -0.928. The molecule has 1 aromatic heterocycles. The highest BCUT2D eigenvalue weighted by molar-refractivity contribution is 6.23. The summed E-state index contributed by atoms with van der Waals surface area (Å²) in [4.78, 5) is 46.9. The molecule has 0 spiro atoms. The number of anilines is 1. The maximum Gasteiger partial charge on any atom is 0.257 e. The third-order valence-electron chi connectivity index (χ3n) is 7.51. The fourth-order valence-electron chi connectivity index (χ4n) is 5.25. The molecule has 8 nitrogen and oxygen atoms in total. The van der Waals surface area contributed by atoms with Gasteiger partial charge in [0.2, 0.25) is 5.91 Å². The predicted octanol–water partition coefficient (Wildman–Crippen LogP) is 5.33. The fraction of sp³-hybridized carbons (Fsp3) is 0.281. The number of nitrogens with zero attached hydrogens (tertiary/aromatic N) is 2. The molecule has 1 aliphatic heterocycles. The van der Waals surface area contributed by atoms with E-state index in [1.807, 2.05) is 42.6 Å². The van der Waals surface area contributed by atoms with Crippen molar-refractivity contribution >= 4 is 34.3 Å². The summed E-state index contributed by atoms with van der Waals surface area (Å²) >= 11 is 0. The Morgan fingerprint density at radius 3 is 2.42 bits per heavy atom. The number of hydrogen-bond donors (Lipinski definition) is 1. The van der Waals surface area contributed by atoms with Gasteiger partial charge in [0.1, 0.15) is 6.04 Å². The number of para-hydroxylation sites is 1. The molecule has 4 aromatic rings.